The molecular formula is C28H19FN2O6. The van der Waals surface area contributed by atoms with Gasteiger partial charge in [0, 0.05) is 22.6 Å². The molecule has 0 saturated heterocycles. The first-order valence-corrected chi connectivity index (χ1v) is 11.5. The molecule has 0 radical (unpaired) electrons. The van der Waals surface area contributed by atoms with Gasteiger partial charge < -0.3 is 23.7 Å². The average molecular weight is 498 g/mol. The molecule has 0 bridgehead atoms. The van der Waals surface area contributed by atoms with Crippen LogP contribution in [0.2, 0.25) is 0 Å². The molecule has 1 amide bonds. The van der Waals surface area contributed by atoms with Gasteiger partial charge in [0.2, 0.25) is 5.78 Å². The third-order valence-corrected chi connectivity index (χ3v) is 6.04. The normalized spacial score (nSPS) is 12.5. The SMILES string of the molecule is Cc1ccc(C(=O)c2oc3ccccc3c2NC(=O)c2cc(-c3ccc4c(c3)OCCO4)on2)cc1F. The molecule has 2 aromatic heterocycles. The number of ketones is 1. The molecule has 6 rings (SSSR count). The number of aromatic nitrogens is 1. The molecule has 0 saturated carbocycles. The highest BCUT2D eigenvalue weighted by Crippen LogP contribution is 2.36. The predicted molar refractivity (Wildman–Crippen MR) is 132 cm³/mol. The Morgan fingerprint density at radius 1 is 0.946 bits per heavy atom. The molecule has 0 aliphatic carbocycles. The summed E-state index contributed by atoms with van der Waals surface area (Å²) in [6.45, 7) is 2.52. The van der Waals surface area contributed by atoms with Crippen LogP contribution in [0.5, 0.6) is 11.5 Å². The van der Waals surface area contributed by atoms with E-state index < -0.39 is 17.5 Å². The lowest BCUT2D eigenvalue weighted by Crippen LogP contribution is -2.15. The Balaban J connectivity index is 1.32. The Morgan fingerprint density at radius 2 is 1.76 bits per heavy atom. The molecule has 1 N–H and O–H groups in total. The van der Waals surface area contributed by atoms with Crippen molar-refractivity contribution in [2.45, 2.75) is 6.92 Å². The molecule has 37 heavy (non-hydrogen) atoms. The van der Waals surface area contributed by atoms with Crippen molar-refractivity contribution in [3.05, 3.63) is 95.1 Å². The molecule has 184 valence electrons. The third-order valence-electron chi connectivity index (χ3n) is 6.04. The van der Waals surface area contributed by atoms with Gasteiger partial charge in [-0.1, -0.05) is 29.4 Å². The van der Waals surface area contributed by atoms with E-state index in [0.717, 1.165) is 6.07 Å². The minimum absolute atomic E-state index is 0.00468. The van der Waals surface area contributed by atoms with Crippen LogP contribution in [-0.4, -0.2) is 30.1 Å². The van der Waals surface area contributed by atoms with Gasteiger partial charge in [-0.05, 0) is 48.9 Å². The van der Waals surface area contributed by atoms with E-state index in [4.69, 9.17) is 18.4 Å². The fraction of sp³-hybridized carbons (Fsp3) is 0.107. The Kier molecular flexibility index (Phi) is 5.45. The number of amides is 1. The maximum Gasteiger partial charge on any atom is 0.277 e. The van der Waals surface area contributed by atoms with E-state index in [9.17, 15) is 14.0 Å². The minimum Gasteiger partial charge on any atom is -0.486 e. The van der Waals surface area contributed by atoms with Gasteiger partial charge >= 0.3 is 0 Å². The van der Waals surface area contributed by atoms with Crippen molar-refractivity contribution < 1.29 is 32.4 Å². The molecular weight excluding hydrogens is 479 g/mol. The van der Waals surface area contributed by atoms with Crippen LogP contribution in [0.3, 0.4) is 0 Å². The van der Waals surface area contributed by atoms with E-state index in [0.29, 0.717) is 52.6 Å². The number of nitrogens with zero attached hydrogens (tertiary/aromatic N) is 1. The van der Waals surface area contributed by atoms with Crippen LogP contribution in [0.1, 0.15) is 32.2 Å². The van der Waals surface area contributed by atoms with Crippen LogP contribution < -0.4 is 14.8 Å². The van der Waals surface area contributed by atoms with E-state index in [1.807, 2.05) is 0 Å². The van der Waals surface area contributed by atoms with Gasteiger partial charge in [-0.2, -0.15) is 0 Å². The number of halogens is 1. The summed E-state index contributed by atoms with van der Waals surface area (Å²) in [6, 6.07) is 17.8. The summed E-state index contributed by atoms with van der Waals surface area (Å²) in [5.74, 6) is -0.247. The summed E-state index contributed by atoms with van der Waals surface area (Å²) in [5.41, 5.74) is 1.72. The standard InChI is InChI=1S/C28H19FN2O6/c1-15-6-7-17(12-19(15)29)26(32)27-25(18-4-2-3-5-21(18)36-27)30-28(33)20-14-23(37-31-20)16-8-9-22-24(13-16)35-11-10-34-22/h2-9,12-14H,10-11H2,1H3,(H,30,33). The van der Waals surface area contributed by atoms with Crippen molar-refractivity contribution in [1.29, 1.82) is 0 Å². The number of furan rings is 1. The Bertz CT molecular complexity index is 1690. The first kappa shape index (κ1) is 22.5. The quantitative estimate of drug-likeness (QED) is 0.306. The van der Waals surface area contributed by atoms with Gasteiger partial charge in [-0.15, -0.1) is 0 Å². The largest absolute Gasteiger partial charge is 0.486 e. The van der Waals surface area contributed by atoms with Crippen molar-refractivity contribution in [2.24, 2.45) is 0 Å². The van der Waals surface area contributed by atoms with E-state index >= 15 is 0 Å². The summed E-state index contributed by atoms with van der Waals surface area (Å²) < 4.78 is 36.5. The maximum absolute atomic E-state index is 14.1. The molecule has 0 fully saturated rings. The van der Waals surface area contributed by atoms with E-state index in [-0.39, 0.29) is 22.7 Å². The minimum atomic E-state index is -0.608. The zero-order chi connectivity index (χ0) is 25.5. The van der Waals surface area contributed by atoms with Crippen molar-refractivity contribution in [2.75, 3.05) is 18.5 Å². The van der Waals surface area contributed by atoms with E-state index in [2.05, 4.69) is 10.5 Å². The molecule has 1 aliphatic heterocycles. The van der Waals surface area contributed by atoms with Gasteiger partial charge in [0.15, 0.2) is 28.7 Å². The highest BCUT2D eigenvalue weighted by atomic mass is 19.1. The topological polar surface area (TPSA) is 104 Å². The molecule has 9 heteroatoms. The highest BCUT2D eigenvalue weighted by Gasteiger charge is 2.25. The summed E-state index contributed by atoms with van der Waals surface area (Å²) in [6.07, 6.45) is 0. The number of benzene rings is 3. The number of fused-ring (bicyclic) bond motifs is 2. The Morgan fingerprint density at radius 3 is 2.59 bits per heavy atom. The maximum atomic E-state index is 14.1. The Hall–Kier alpha value is -4.92. The van der Waals surface area contributed by atoms with Crippen molar-refractivity contribution in [1.82, 2.24) is 5.16 Å². The number of carbonyl (C=O) groups is 2. The van der Waals surface area contributed by atoms with Crippen LogP contribution in [-0.2, 0) is 0 Å². The summed E-state index contributed by atoms with van der Waals surface area (Å²) >= 11 is 0. The second-order valence-corrected chi connectivity index (χ2v) is 8.48. The Labute approximate surface area is 209 Å². The number of hydrogen-bond donors (Lipinski definition) is 1. The number of anilines is 1. The fourth-order valence-electron chi connectivity index (χ4n) is 4.09. The fourth-order valence-corrected chi connectivity index (χ4v) is 4.09. The summed E-state index contributed by atoms with van der Waals surface area (Å²) in [5, 5.41) is 7.14. The van der Waals surface area contributed by atoms with Gasteiger partial charge in [-0.25, -0.2) is 4.39 Å². The number of hydrogen-bond acceptors (Lipinski definition) is 7. The first-order chi connectivity index (χ1) is 18.0. The zero-order valence-corrected chi connectivity index (χ0v) is 19.5. The summed E-state index contributed by atoms with van der Waals surface area (Å²) in [4.78, 5) is 26.4. The highest BCUT2D eigenvalue weighted by molar-refractivity contribution is 6.18. The molecule has 1 aliphatic rings. The van der Waals surface area contributed by atoms with Crippen LogP contribution >= 0.6 is 0 Å². The molecule has 5 aromatic rings. The van der Waals surface area contributed by atoms with E-state index in [1.54, 1.807) is 49.4 Å². The number of ether oxygens (including phenoxy) is 2. The number of nitrogens with one attached hydrogen (secondary N) is 1. The molecule has 0 atom stereocenters. The molecule has 0 spiro atoms. The number of carbonyl (C=O) groups excluding carboxylic acids is 2. The molecule has 8 nitrogen and oxygen atoms in total. The lowest BCUT2D eigenvalue weighted by atomic mass is 10.0. The summed E-state index contributed by atoms with van der Waals surface area (Å²) in [7, 11) is 0. The first-order valence-electron chi connectivity index (χ1n) is 11.5. The number of para-hydroxylation sites is 1. The van der Waals surface area contributed by atoms with Gasteiger partial charge in [0.1, 0.15) is 24.6 Å². The second kappa shape index (κ2) is 8.94. The van der Waals surface area contributed by atoms with Crippen LogP contribution in [0, 0.1) is 12.7 Å². The van der Waals surface area contributed by atoms with Crippen LogP contribution in [0.25, 0.3) is 22.3 Å². The van der Waals surface area contributed by atoms with Crippen LogP contribution in [0.4, 0.5) is 10.1 Å². The smallest absolute Gasteiger partial charge is 0.277 e. The second-order valence-electron chi connectivity index (χ2n) is 8.48. The van der Waals surface area contributed by atoms with Crippen molar-refractivity contribution >= 4 is 28.3 Å². The molecule has 0 unspecified atom stereocenters. The van der Waals surface area contributed by atoms with Crippen molar-refractivity contribution in [3.63, 3.8) is 0 Å². The van der Waals surface area contributed by atoms with Gasteiger partial charge in [0.05, 0.1) is 5.69 Å². The van der Waals surface area contributed by atoms with Gasteiger partial charge in [0.25, 0.3) is 5.91 Å². The van der Waals surface area contributed by atoms with Crippen molar-refractivity contribution in [3.8, 4) is 22.8 Å². The predicted octanol–water partition coefficient (Wildman–Crippen LogP) is 5.79. The zero-order valence-electron chi connectivity index (χ0n) is 19.5. The lowest BCUT2D eigenvalue weighted by Gasteiger charge is -2.18. The van der Waals surface area contributed by atoms with E-state index in [1.165, 1.54) is 18.2 Å². The van der Waals surface area contributed by atoms with Gasteiger partial charge in [-0.3, -0.25) is 9.59 Å². The number of rotatable bonds is 5. The third kappa shape index (κ3) is 4.10. The molecule has 3 aromatic carbocycles. The lowest BCUT2D eigenvalue weighted by molar-refractivity contribution is 0.101. The average Bonchev–Trinajstić information content (AvgIpc) is 3.55. The van der Waals surface area contributed by atoms with Crippen LogP contribution in [0.15, 0.2) is 75.7 Å². The molecule has 3 heterocycles. The number of aryl methyl sites for hydroxylation is 1. The monoisotopic (exact) mass is 498 g/mol.